The maximum absolute atomic E-state index is 12.4. The minimum atomic E-state index is -1.29. The zero-order chi connectivity index (χ0) is 17.3. The molecule has 1 saturated heterocycles. The molecule has 2 heterocycles. The Hall–Kier alpha value is -3.03. The van der Waals surface area contributed by atoms with Crippen molar-refractivity contribution in [3.63, 3.8) is 0 Å². The monoisotopic (exact) mass is 318 g/mol. The van der Waals surface area contributed by atoms with Gasteiger partial charge in [-0.3, -0.25) is 29.4 Å². The fourth-order valence-electron chi connectivity index (χ4n) is 2.42. The van der Waals surface area contributed by atoms with E-state index >= 15 is 0 Å². The average molecular weight is 318 g/mol. The molecule has 0 bridgehead atoms. The molecule has 4 amide bonds. The second kappa shape index (κ2) is 5.99. The Labute approximate surface area is 131 Å². The fraction of sp³-hybridized carbons (Fsp3) is 0.267. The molecule has 0 aromatic carbocycles. The highest BCUT2D eigenvalue weighted by atomic mass is 16.4. The highest BCUT2D eigenvalue weighted by Gasteiger charge is 2.44. The number of nitrogens with one attached hydrogen (secondary N) is 1. The number of carboxylic acid groups (broad SMARTS) is 1. The zero-order valence-electron chi connectivity index (χ0n) is 12.3. The number of amides is 4. The molecule has 2 rings (SSSR count). The van der Waals surface area contributed by atoms with E-state index in [2.05, 4.69) is 11.9 Å². The third kappa shape index (κ3) is 2.83. The van der Waals surface area contributed by atoms with Gasteiger partial charge in [-0.2, -0.15) is 0 Å². The van der Waals surface area contributed by atoms with Crippen LogP contribution in [0.15, 0.2) is 35.5 Å². The lowest BCUT2D eigenvalue weighted by molar-refractivity contribution is -0.150. The van der Waals surface area contributed by atoms with Gasteiger partial charge >= 0.3 is 5.97 Å². The Bertz CT molecular complexity index is 715. The Morgan fingerprint density at radius 2 is 1.96 bits per heavy atom. The van der Waals surface area contributed by atoms with Crippen LogP contribution >= 0.6 is 0 Å². The Balaban J connectivity index is 2.36. The van der Waals surface area contributed by atoms with Gasteiger partial charge in [0.25, 0.3) is 11.8 Å². The summed E-state index contributed by atoms with van der Waals surface area (Å²) >= 11 is 0. The van der Waals surface area contributed by atoms with Crippen molar-refractivity contribution in [1.82, 2.24) is 10.2 Å². The summed E-state index contributed by atoms with van der Waals surface area (Å²) in [5, 5.41) is 11.1. The van der Waals surface area contributed by atoms with Gasteiger partial charge in [0.2, 0.25) is 11.8 Å². The van der Waals surface area contributed by atoms with E-state index in [9.17, 15) is 24.0 Å². The zero-order valence-corrected chi connectivity index (χ0v) is 12.3. The van der Waals surface area contributed by atoms with Gasteiger partial charge in [-0.1, -0.05) is 12.7 Å². The summed E-state index contributed by atoms with van der Waals surface area (Å²) in [6.07, 6.45) is 2.16. The predicted molar refractivity (Wildman–Crippen MR) is 76.6 cm³/mol. The van der Waals surface area contributed by atoms with Gasteiger partial charge in [0.05, 0.1) is 5.57 Å². The molecule has 1 fully saturated rings. The summed E-state index contributed by atoms with van der Waals surface area (Å²) in [6, 6.07) is -1.08. The molecule has 0 aliphatic carbocycles. The van der Waals surface area contributed by atoms with Crippen molar-refractivity contribution in [2.45, 2.75) is 25.8 Å². The summed E-state index contributed by atoms with van der Waals surface area (Å²) in [7, 11) is 0. The van der Waals surface area contributed by atoms with Crippen molar-refractivity contribution in [2.24, 2.45) is 0 Å². The maximum atomic E-state index is 12.4. The maximum Gasteiger partial charge on any atom is 0.335 e. The second-order valence-corrected chi connectivity index (χ2v) is 5.09. The number of nitrogens with zero attached hydrogens (tertiary/aromatic N) is 1. The summed E-state index contributed by atoms with van der Waals surface area (Å²) in [6.45, 7) is 4.72. The van der Waals surface area contributed by atoms with Crippen LogP contribution in [-0.2, 0) is 24.0 Å². The molecular formula is C15H14N2O6. The van der Waals surface area contributed by atoms with E-state index in [-0.39, 0.29) is 29.6 Å². The molecule has 2 aliphatic rings. The van der Waals surface area contributed by atoms with E-state index in [4.69, 9.17) is 5.11 Å². The SMILES string of the molecule is C=C/C(=C\C1=C(C)C(=O)N(C2CCC(=O)NC2=O)C1=O)C(=O)O. The smallest absolute Gasteiger partial charge is 0.335 e. The Morgan fingerprint density at radius 1 is 1.30 bits per heavy atom. The number of carboxylic acids is 1. The molecule has 120 valence electrons. The lowest BCUT2D eigenvalue weighted by atomic mass is 10.0. The number of rotatable bonds is 4. The normalized spacial score (nSPS) is 22.6. The van der Waals surface area contributed by atoms with Gasteiger partial charge in [-0.15, -0.1) is 0 Å². The van der Waals surface area contributed by atoms with Crippen molar-refractivity contribution in [2.75, 3.05) is 0 Å². The first-order valence-electron chi connectivity index (χ1n) is 6.77. The molecule has 2 aliphatic heterocycles. The van der Waals surface area contributed by atoms with Crippen molar-refractivity contribution in [3.8, 4) is 0 Å². The molecule has 0 spiro atoms. The van der Waals surface area contributed by atoms with Crippen molar-refractivity contribution in [3.05, 3.63) is 35.5 Å². The number of carbonyl (C=O) groups excluding carboxylic acids is 4. The van der Waals surface area contributed by atoms with Crippen LogP contribution in [-0.4, -0.2) is 45.6 Å². The van der Waals surface area contributed by atoms with Crippen molar-refractivity contribution < 1.29 is 29.1 Å². The van der Waals surface area contributed by atoms with E-state index < -0.39 is 35.6 Å². The summed E-state index contributed by atoms with van der Waals surface area (Å²) < 4.78 is 0. The minimum Gasteiger partial charge on any atom is -0.478 e. The van der Waals surface area contributed by atoms with Crippen LogP contribution in [0.3, 0.4) is 0 Å². The van der Waals surface area contributed by atoms with Gasteiger partial charge in [0, 0.05) is 17.6 Å². The van der Waals surface area contributed by atoms with Crippen LogP contribution in [0.4, 0.5) is 0 Å². The molecular weight excluding hydrogens is 304 g/mol. The highest BCUT2D eigenvalue weighted by molar-refractivity contribution is 6.23. The molecule has 0 aromatic rings. The fourth-order valence-corrected chi connectivity index (χ4v) is 2.42. The lowest BCUT2D eigenvalue weighted by Gasteiger charge is -2.28. The summed E-state index contributed by atoms with van der Waals surface area (Å²) in [5.74, 6) is -3.91. The van der Waals surface area contributed by atoms with Gasteiger partial charge in [-0.25, -0.2) is 4.79 Å². The van der Waals surface area contributed by atoms with Crippen molar-refractivity contribution in [1.29, 1.82) is 0 Å². The van der Waals surface area contributed by atoms with Crippen LogP contribution in [0.2, 0.25) is 0 Å². The number of hydrogen-bond acceptors (Lipinski definition) is 5. The number of piperidine rings is 1. The third-order valence-corrected chi connectivity index (χ3v) is 3.68. The lowest BCUT2D eigenvalue weighted by Crippen LogP contribution is -2.54. The van der Waals surface area contributed by atoms with Crippen LogP contribution in [0.25, 0.3) is 0 Å². The first-order chi connectivity index (χ1) is 10.8. The quantitative estimate of drug-likeness (QED) is 0.416. The second-order valence-electron chi connectivity index (χ2n) is 5.09. The Kier molecular flexibility index (Phi) is 4.26. The summed E-state index contributed by atoms with van der Waals surface area (Å²) in [5.41, 5.74) is -0.303. The molecule has 2 N–H and O–H groups in total. The van der Waals surface area contributed by atoms with Crippen LogP contribution in [0.5, 0.6) is 0 Å². The first-order valence-corrected chi connectivity index (χ1v) is 6.77. The molecule has 8 heteroatoms. The first kappa shape index (κ1) is 16.3. The van der Waals surface area contributed by atoms with E-state index in [1.54, 1.807) is 0 Å². The third-order valence-electron chi connectivity index (χ3n) is 3.68. The number of aliphatic carboxylic acids is 1. The summed E-state index contributed by atoms with van der Waals surface area (Å²) in [4.78, 5) is 59.5. The number of imide groups is 2. The largest absolute Gasteiger partial charge is 0.478 e. The molecule has 0 radical (unpaired) electrons. The minimum absolute atomic E-state index is 0.0186. The van der Waals surface area contributed by atoms with Crippen LogP contribution in [0, 0.1) is 0 Å². The van der Waals surface area contributed by atoms with Gasteiger partial charge in [0.15, 0.2) is 0 Å². The number of hydrogen-bond donors (Lipinski definition) is 2. The molecule has 0 saturated carbocycles. The van der Waals surface area contributed by atoms with Gasteiger partial charge < -0.3 is 5.11 Å². The molecule has 8 nitrogen and oxygen atoms in total. The van der Waals surface area contributed by atoms with Crippen LogP contribution < -0.4 is 5.32 Å². The van der Waals surface area contributed by atoms with Gasteiger partial charge in [0.1, 0.15) is 6.04 Å². The van der Waals surface area contributed by atoms with E-state index in [1.165, 1.54) is 6.92 Å². The molecule has 1 unspecified atom stereocenters. The Morgan fingerprint density at radius 3 is 2.48 bits per heavy atom. The predicted octanol–water partition coefficient (Wildman–Crippen LogP) is -0.326. The molecule has 23 heavy (non-hydrogen) atoms. The molecule has 0 aromatic heterocycles. The average Bonchev–Trinajstić information content (AvgIpc) is 2.68. The molecule has 1 atom stereocenters. The van der Waals surface area contributed by atoms with Crippen LogP contribution in [0.1, 0.15) is 19.8 Å². The van der Waals surface area contributed by atoms with Crippen molar-refractivity contribution >= 4 is 29.6 Å². The van der Waals surface area contributed by atoms with Gasteiger partial charge in [-0.05, 0) is 19.4 Å². The van der Waals surface area contributed by atoms with E-state index in [1.807, 2.05) is 0 Å². The number of carbonyl (C=O) groups is 5. The standard InChI is InChI=1S/C15H14N2O6/c1-3-8(15(22)23)6-9-7(2)13(20)17(14(9)21)10-4-5-11(18)16-12(10)19/h3,6,10H,1,4-5H2,2H3,(H,22,23)(H,16,18,19)/b8-6+. The van der Waals surface area contributed by atoms with E-state index in [0.29, 0.717) is 0 Å². The van der Waals surface area contributed by atoms with E-state index in [0.717, 1.165) is 17.1 Å². The highest BCUT2D eigenvalue weighted by Crippen LogP contribution is 2.27. The topological polar surface area (TPSA) is 121 Å².